The fraction of sp³-hybridized carbons (Fsp3) is 0.188. The molecule has 0 amide bonds. The van der Waals surface area contributed by atoms with Crippen molar-refractivity contribution < 1.29 is 9.31 Å². The molecule has 122 valence electrons. The molecule has 0 fully saturated rings. The van der Waals surface area contributed by atoms with Gasteiger partial charge in [-0.25, -0.2) is 4.39 Å². The van der Waals surface area contributed by atoms with Crippen molar-refractivity contribution in [3.63, 3.8) is 0 Å². The number of hydrogen-bond donors (Lipinski definition) is 2. The summed E-state index contributed by atoms with van der Waals surface area (Å²) >= 11 is 6.04. The number of hydrogen-bond acceptors (Lipinski definition) is 5. The van der Waals surface area contributed by atoms with Crippen LogP contribution in [-0.2, 0) is 0 Å². The molecular weight excluding hydrogens is 335 g/mol. The highest BCUT2D eigenvalue weighted by molar-refractivity contribution is 6.31. The molecule has 2 unspecified atom stereocenters. The molecule has 2 atom stereocenters. The van der Waals surface area contributed by atoms with Crippen LogP contribution >= 0.6 is 11.6 Å². The van der Waals surface area contributed by atoms with Gasteiger partial charge in [0.05, 0.1) is 16.7 Å². The van der Waals surface area contributed by atoms with E-state index in [2.05, 4.69) is 15.8 Å². The summed E-state index contributed by atoms with van der Waals surface area (Å²) in [5, 5.41) is 19.0. The first-order valence-electron chi connectivity index (χ1n) is 7.35. The summed E-state index contributed by atoms with van der Waals surface area (Å²) in [6, 6.07) is 9.11. The fourth-order valence-electron chi connectivity index (χ4n) is 3.26. The van der Waals surface area contributed by atoms with Crippen LogP contribution in [0.2, 0.25) is 5.02 Å². The van der Waals surface area contributed by atoms with Gasteiger partial charge in [-0.3, -0.25) is 10.1 Å². The first-order chi connectivity index (χ1) is 11.5. The van der Waals surface area contributed by atoms with Crippen molar-refractivity contribution in [2.75, 3.05) is 11.9 Å². The second kappa shape index (κ2) is 5.45. The Hall–Kier alpha value is -2.67. The molecule has 2 aliphatic heterocycles. The monoisotopic (exact) mass is 346 g/mol. The van der Waals surface area contributed by atoms with Crippen molar-refractivity contribution in [1.29, 1.82) is 0 Å². The van der Waals surface area contributed by atoms with E-state index in [-0.39, 0.29) is 28.5 Å². The number of hydrazone groups is 1. The molecule has 0 bridgehead atoms. The average molecular weight is 347 g/mol. The SMILES string of the molecule is O=[N+]([O-])c1cc(Cl)cc2c1NCC1C2=NNC1c1ccc(F)cc1. The van der Waals surface area contributed by atoms with Gasteiger partial charge in [0.25, 0.3) is 5.69 Å². The summed E-state index contributed by atoms with van der Waals surface area (Å²) in [5.74, 6) is -0.326. The number of fused-ring (bicyclic) bond motifs is 3. The van der Waals surface area contributed by atoms with E-state index in [1.165, 1.54) is 18.2 Å². The molecule has 4 rings (SSSR count). The molecule has 2 aromatic rings. The molecule has 0 radical (unpaired) electrons. The van der Waals surface area contributed by atoms with Crippen molar-refractivity contribution in [2.24, 2.45) is 11.0 Å². The van der Waals surface area contributed by atoms with E-state index < -0.39 is 4.92 Å². The van der Waals surface area contributed by atoms with E-state index in [1.807, 2.05) is 0 Å². The minimum absolute atomic E-state index is 0.0268. The minimum Gasteiger partial charge on any atom is -0.378 e. The lowest BCUT2D eigenvalue weighted by Gasteiger charge is -2.27. The Morgan fingerprint density at radius 3 is 2.75 bits per heavy atom. The van der Waals surface area contributed by atoms with Gasteiger partial charge in [-0.2, -0.15) is 5.10 Å². The Labute approximate surface area is 141 Å². The van der Waals surface area contributed by atoms with E-state index in [1.54, 1.807) is 18.2 Å². The zero-order valence-electron chi connectivity index (χ0n) is 12.3. The third-order valence-corrected chi connectivity index (χ3v) is 4.58. The summed E-state index contributed by atoms with van der Waals surface area (Å²) in [5.41, 5.74) is 5.68. The lowest BCUT2D eigenvalue weighted by atomic mass is 9.84. The number of nitrogens with zero attached hydrogens (tertiary/aromatic N) is 2. The van der Waals surface area contributed by atoms with E-state index in [0.717, 1.165) is 11.3 Å². The summed E-state index contributed by atoms with van der Waals surface area (Å²) in [6.45, 7) is 0.489. The molecule has 24 heavy (non-hydrogen) atoms. The number of nitro benzene ring substituents is 1. The molecule has 0 aliphatic carbocycles. The molecule has 2 aliphatic rings. The van der Waals surface area contributed by atoms with Crippen LogP contribution < -0.4 is 10.7 Å². The third kappa shape index (κ3) is 2.28. The largest absolute Gasteiger partial charge is 0.378 e. The van der Waals surface area contributed by atoms with Crippen LogP contribution in [0.3, 0.4) is 0 Å². The maximum Gasteiger partial charge on any atom is 0.294 e. The summed E-state index contributed by atoms with van der Waals surface area (Å²) < 4.78 is 13.1. The Kier molecular flexibility index (Phi) is 3.38. The van der Waals surface area contributed by atoms with Crippen LogP contribution in [0.4, 0.5) is 15.8 Å². The highest BCUT2D eigenvalue weighted by atomic mass is 35.5. The van der Waals surface area contributed by atoms with Gasteiger partial charge in [-0.05, 0) is 23.8 Å². The van der Waals surface area contributed by atoms with E-state index in [0.29, 0.717) is 17.8 Å². The molecule has 6 nitrogen and oxygen atoms in total. The average Bonchev–Trinajstić information content (AvgIpc) is 2.99. The summed E-state index contributed by atoms with van der Waals surface area (Å²) in [6.07, 6.45) is 0. The van der Waals surface area contributed by atoms with Gasteiger partial charge in [0.2, 0.25) is 0 Å². The smallest absolute Gasteiger partial charge is 0.294 e. The van der Waals surface area contributed by atoms with Crippen LogP contribution in [0.5, 0.6) is 0 Å². The summed E-state index contributed by atoms with van der Waals surface area (Å²) in [4.78, 5) is 10.8. The molecule has 0 spiro atoms. The molecule has 0 aromatic heterocycles. The predicted molar refractivity (Wildman–Crippen MR) is 88.9 cm³/mol. The first-order valence-corrected chi connectivity index (χ1v) is 7.73. The lowest BCUT2D eigenvalue weighted by molar-refractivity contribution is -0.384. The van der Waals surface area contributed by atoms with Gasteiger partial charge < -0.3 is 10.7 Å². The molecular formula is C16H12ClFN4O2. The molecule has 0 saturated heterocycles. The zero-order valence-corrected chi connectivity index (χ0v) is 13.0. The van der Waals surface area contributed by atoms with Crippen LogP contribution in [0.15, 0.2) is 41.5 Å². The molecule has 0 saturated carbocycles. The first kappa shape index (κ1) is 14.9. The van der Waals surface area contributed by atoms with Gasteiger partial charge >= 0.3 is 0 Å². The van der Waals surface area contributed by atoms with Crippen molar-refractivity contribution in [1.82, 2.24) is 5.43 Å². The highest BCUT2D eigenvalue weighted by Crippen LogP contribution is 2.41. The standard InChI is InChI=1S/C16H12ClFN4O2/c17-9-5-11-15-12(7-19-16(11)13(6-9)22(23)24)14(20-21-15)8-1-3-10(18)4-2-8/h1-6,12,14,19-20H,7H2. The Balaban J connectivity index is 1.74. The van der Waals surface area contributed by atoms with Crippen LogP contribution in [0.1, 0.15) is 17.2 Å². The maximum atomic E-state index is 13.1. The molecule has 8 heteroatoms. The molecule has 2 aromatic carbocycles. The Morgan fingerprint density at radius 2 is 2.04 bits per heavy atom. The number of halogens is 2. The molecule has 2 heterocycles. The second-order valence-corrected chi connectivity index (χ2v) is 6.18. The van der Waals surface area contributed by atoms with Crippen molar-refractivity contribution >= 4 is 28.7 Å². The number of anilines is 1. The van der Waals surface area contributed by atoms with Gasteiger partial charge in [-0.15, -0.1) is 0 Å². The molecule has 2 N–H and O–H groups in total. The van der Waals surface area contributed by atoms with Crippen LogP contribution in [0.25, 0.3) is 0 Å². The van der Waals surface area contributed by atoms with Crippen molar-refractivity contribution in [2.45, 2.75) is 6.04 Å². The van der Waals surface area contributed by atoms with Crippen LogP contribution in [-0.4, -0.2) is 17.2 Å². The second-order valence-electron chi connectivity index (χ2n) is 5.75. The Morgan fingerprint density at radius 1 is 1.29 bits per heavy atom. The van der Waals surface area contributed by atoms with Gasteiger partial charge in [0.15, 0.2) is 0 Å². The number of nitrogens with one attached hydrogen (secondary N) is 2. The van der Waals surface area contributed by atoms with Crippen molar-refractivity contribution in [3.05, 3.63) is 68.5 Å². The zero-order chi connectivity index (χ0) is 16.8. The van der Waals surface area contributed by atoms with Gasteiger partial charge in [-0.1, -0.05) is 23.7 Å². The normalized spacial score (nSPS) is 21.2. The number of rotatable bonds is 2. The highest BCUT2D eigenvalue weighted by Gasteiger charge is 2.39. The third-order valence-electron chi connectivity index (χ3n) is 4.36. The van der Waals surface area contributed by atoms with E-state index >= 15 is 0 Å². The van der Waals surface area contributed by atoms with E-state index in [4.69, 9.17) is 11.6 Å². The Bertz CT molecular complexity index is 869. The predicted octanol–water partition coefficient (Wildman–Crippen LogP) is 3.48. The lowest BCUT2D eigenvalue weighted by Crippen LogP contribution is -2.33. The maximum absolute atomic E-state index is 13.1. The quantitative estimate of drug-likeness (QED) is 0.644. The van der Waals surface area contributed by atoms with Gasteiger partial charge in [0, 0.05) is 29.1 Å². The minimum atomic E-state index is -0.460. The fourth-order valence-corrected chi connectivity index (χ4v) is 3.47. The number of nitro groups is 1. The topological polar surface area (TPSA) is 79.6 Å². The summed E-state index contributed by atoms with van der Waals surface area (Å²) in [7, 11) is 0. The van der Waals surface area contributed by atoms with Crippen LogP contribution in [0, 0.1) is 21.8 Å². The van der Waals surface area contributed by atoms with E-state index in [9.17, 15) is 14.5 Å². The van der Waals surface area contributed by atoms with Crippen molar-refractivity contribution in [3.8, 4) is 0 Å². The number of benzene rings is 2. The van der Waals surface area contributed by atoms with Gasteiger partial charge in [0.1, 0.15) is 11.5 Å².